The molecule has 0 aromatic heterocycles. The molecule has 0 saturated carbocycles. The molecule has 1 aliphatic rings. The molecule has 0 atom stereocenters. The molecule has 0 spiro atoms. The topological polar surface area (TPSA) is 9.23 Å². The maximum absolute atomic E-state index is 5.76. The summed E-state index contributed by atoms with van der Waals surface area (Å²) >= 11 is 2.07. The van der Waals surface area contributed by atoms with E-state index in [1.54, 1.807) is 5.57 Å². The maximum atomic E-state index is 5.76. The van der Waals surface area contributed by atoms with Crippen LogP contribution in [0.4, 0.5) is 0 Å². The minimum Gasteiger partial charge on any atom is -0.495 e. The van der Waals surface area contributed by atoms with Crippen LogP contribution < -0.4 is 0 Å². The van der Waals surface area contributed by atoms with Crippen molar-refractivity contribution in [2.45, 2.75) is 65.2 Å². The Kier molecular flexibility index (Phi) is 5.84. The first-order valence-corrected chi connectivity index (χ1v) is 8.00. The second kappa shape index (κ2) is 6.70. The fourth-order valence-corrected chi connectivity index (χ4v) is 3.09. The third-order valence-electron chi connectivity index (χ3n) is 3.05. The maximum Gasteiger partial charge on any atom is 0.0966 e. The zero-order chi connectivity index (χ0) is 13.8. The molecule has 0 heterocycles. The van der Waals surface area contributed by atoms with Crippen molar-refractivity contribution in [3.05, 3.63) is 23.5 Å². The largest absolute Gasteiger partial charge is 0.495 e. The van der Waals surface area contributed by atoms with Crippen LogP contribution in [0.25, 0.3) is 0 Å². The summed E-state index contributed by atoms with van der Waals surface area (Å²) in [7, 11) is 0. The van der Waals surface area contributed by atoms with Crippen molar-refractivity contribution >= 4 is 11.8 Å². The van der Waals surface area contributed by atoms with Crippen molar-refractivity contribution in [2.24, 2.45) is 5.92 Å². The summed E-state index contributed by atoms with van der Waals surface area (Å²) in [5, 5.41) is 0. The summed E-state index contributed by atoms with van der Waals surface area (Å²) in [5.74, 6) is 3.12. The van der Waals surface area contributed by atoms with Crippen LogP contribution in [0.2, 0.25) is 0 Å². The number of rotatable bonds is 6. The zero-order valence-corrected chi connectivity index (χ0v) is 13.6. The first-order valence-electron chi connectivity index (χ1n) is 7.02. The highest BCUT2D eigenvalue weighted by Gasteiger charge is 2.25. The molecular weight excluding hydrogens is 240 g/mol. The summed E-state index contributed by atoms with van der Waals surface area (Å²) in [6.45, 7) is 13.4. The van der Waals surface area contributed by atoms with Crippen molar-refractivity contribution in [1.29, 1.82) is 0 Å². The fraction of sp³-hybridized carbons (Fsp3) is 0.750. The van der Waals surface area contributed by atoms with Crippen LogP contribution in [0.3, 0.4) is 0 Å². The predicted molar refractivity (Wildman–Crippen MR) is 83.0 cm³/mol. The van der Waals surface area contributed by atoms with Crippen molar-refractivity contribution in [2.75, 3.05) is 5.75 Å². The lowest BCUT2D eigenvalue weighted by Crippen LogP contribution is -2.21. The Morgan fingerprint density at radius 3 is 2.28 bits per heavy atom. The third-order valence-corrected chi connectivity index (χ3v) is 4.87. The van der Waals surface area contributed by atoms with Crippen molar-refractivity contribution in [1.82, 2.24) is 0 Å². The molecule has 0 saturated heterocycles. The minimum atomic E-state index is 0.254. The van der Waals surface area contributed by atoms with Crippen LogP contribution >= 0.6 is 11.8 Å². The van der Waals surface area contributed by atoms with Gasteiger partial charge in [0, 0.05) is 11.2 Å². The molecule has 0 aromatic carbocycles. The van der Waals surface area contributed by atoms with E-state index in [1.807, 2.05) is 0 Å². The van der Waals surface area contributed by atoms with Gasteiger partial charge < -0.3 is 4.74 Å². The Hall–Kier alpha value is -0.370. The first-order chi connectivity index (χ1) is 8.31. The zero-order valence-electron chi connectivity index (χ0n) is 12.7. The second-order valence-corrected chi connectivity index (χ2v) is 7.85. The molecule has 0 unspecified atom stereocenters. The number of allylic oxidation sites excluding steroid dienone is 3. The molecule has 104 valence electrons. The Balaban J connectivity index is 2.62. The van der Waals surface area contributed by atoms with Crippen LogP contribution in [-0.2, 0) is 4.74 Å². The Morgan fingerprint density at radius 1 is 1.17 bits per heavy atom. The van der Waals surface area contributed by atoms with Crippen LogP contribution in [0.5, 0.6) is 0 Å². The highest BCUT2D eigenvalue weighted by atomic mass is 32.2. The Labute approximate surface area is 117 Å². The van der Waals surface area contributed by atoms with Gasteiger partial charge in [-0.2, -0.15) is 11.8 Å². The lowest BCUT2D eigenvalue weighted by molar-refractivity contribution is 0.139. The van der Waals surface area contributed by atoms with Crippen LogP contribution in [-0.4, -0.2) is 16.6 Å². The molecule has 0 radical (unpaired) electrons. The molecule has 0 aliphatic heterocycles. The average Bonchev–Trinajstić information content (AvgIpc) is 2.26. The van der Waals surface area contributed by atoms with Crippen LogP contribution in [0.1, 0.15) is 54.4 Å². The lowest BCUT2D eigenvalue weighted by Gasteiger charge is -2.30. The molecule has 0 bridgehead atoms. The molecule has 0 aromatic rings. The average molecular weight is 268 g/mol. The first kappa shape index (κ1) is 15.7. The van der Waals surface area contributed by atoms with Crippen LogP contribution in [0.15, 0.2) is 23.5 Å². The van der Waals surface area contributed by atoms with E-state index in [0.717, 1.165) is 24.5 Å². The third kappa shape index (κ3) is 5.09. The second-order valence-electron chi connectivity index (χ2n) is 6.21. The van der Waals surface area contributed by atoms with Gasteiger partial charge in [-0.3, -0.25) is 0 Å². The molecular formula is C16H28OS. The van der Waals surface area contributed by atoms with Crippen molar-refractivity contribution in [3.8, 4) is 0 Å². The molecule has 0 fully saturated rings. The minimum absolute atomic E-state index is 0.254. The normalized spacial score (nSPS) is 16.9. The number of ether oxygens (including phenoxy) is 1. The Morgan fingerprint density at radius 2 is 1.83 bits per heavy atom. The molecule has 1 nitrogen and oxygen atoms in total. The van der Waals surface area contributed by atoms with E-state index in [-0.39, 0.29) is 10.9 Å². The highest BCUT2D eigenvalue weighted by molar-refractivity contribution is 8.00. The molecule has 1 aliphatic carbocycles. The number of hydrogen-bond donors (Lipinski definition) is 0. The summed E-state index contributed by atoms with van der Waals surface area (Å²) < 4.78 is 6.01. The number of thioether (sulfide) groups is 1. The predicted octanol–water partition coefficient (Wildman–Crippen LogP) is 5.18. The van der Waals surface area contributed by atoms with E-state index in [2.05, 4.69) is 65.5 Å². The monoisotopic (exact) mass is 268 g/mol. The molecule has 2 heteroatoms. The van der Waals surface area contributed by atoms with E-state index in [1.165, 1.54) is 5.75 Å². The van der Waals surface area contributed by atoms with E-state index in [9.17, 15) is 0 Å². The molecule has 18 heavy (non-hydrogen) atoms. The molecule has 0 N–H and O–H groups in total. The number of hydrogen-bond acceptors (Lipinski definition) is 2. The van der Waals surface area contributed by atoms with E-state index < -0.39 is 0 Å². The lowest BCUT2D eigenvalue weighted by atomic mass is 9.93. The van der Waals surface area contributed by atoms with Crippen molar-refractivity contribution < 1.29 is 4.74 Å². The summed E-state index contributed by atoms with van der Waals surface area (Å²) in [6.07, 6.45) is 6.91. The van der Waals surface area contributed by atoms with Gasteiger partial charge in [0.2, 0.25) is 0 Å². The fourth-order valence-electron chi connectivity index (χ4n) is 1.99. The van der Waals surface area contributed by atoms with Gasteiger partial charge in [0.25, 0.3) is 0 Å². The van der Waals surface area contributed by atoms with Gasteiger partial charge in [0.15, 0.2) is 0 Å². The van der Waals surface area contributed by atoms with Crippen molar-refractivity contribution in [3.63, 3.8) is 0 Å². The van der Waals surface area contributed by atoms with Gasteiger partial charge in [-0.05, 0) is 51.9 Å². The van der Waals surface area contributed by atoms with Gasteiger partial charge in [-0.15, -0.1) is 0 Å². The molecule has 0 amide bonds. The van der Waals surface area contributed by atoms with Gasteiger partial charge in [-0.1, -0.05) is 25.5 Å². The smallest absolute Gasteiger partial charge is 0.0966 e. The SMILES string of the molecule is CC(C)CSC(C)(C)C1=CC=C(OC(C)C)CC1. The quantitative estimate of drug-likeness (QED) is 0.656. The highest BCUT2D eigenvalue weighted by Crippen LogP contribution is 2.38. The summed E-state index contributed by atoms with van der Waals surface area (Å²) in [6, 6.07) is 0. The van der Waals surface area contributed by atoms with E-state index in [4.69, 9.17) is 4.74 Å². The van der Waals surface area contributed by atoms with Gasteiger partial charge >= 0.3 is 0 Å². The Bertz CT molecular complexity index is 324. The molecule has 1 rings (SSSR count). The summed E-state index contributed by atoms with van der Waals surface area (Å²) in [5.41, 5.74) is 1.55. The standard InChI is InChI=1S/C16H28OS/c1-12(2)11-18-16(5,6)14-7-9-15(10-8-14)17-13(3)4/h7,9,12-13H,8,10-11H2,1-6H3. The van der Waals surface area contributed by atoms with Gasteiger partial charge in [0.1, 0.15) is 0 Å². The van der Waals surface area contributed by atoms with Crippen LogP contribution in [0, 0.1) is 5.92 Å². The van der Waals surface area contributed by atoms with Gasteiger partial charge in [-0.25, -0.2) is 0 Å². The van der Waals surface area contributed by atoms with E-state index in [0.29, 0.717) is 0 Å². The summed E-state index contributed by atoms with van der Waals surface area (Å²) in [4.78, 5) is 0. The van der Waals surface area contributed by atoms with Gasteiger partial charge in [0.05, 0.1) is 11.9 Å². The van der Waals surface area contributed by atoms with E-state index >= 15 is 0 Å².